The van der Waals surface area contributed by atoms with Crippen LogP contribution < -0.4 is 5.73 Å². The first-order valence-corrected chi connectivity index (χ1v) is 4.00. The third kappa shape index (κ3) is 4.79. The van der Waals surface area contributed by atoms with Gasteiger partial charge in [0.05, 0.1) is 13.0 Å². The Balaban J connectivity index is 3.36. The lowest BCUT2D eigenvalue weighted by Crippen LogP contribution is -2.12. The number of methoxy groups -OCH3 is 1. The number of hydrogen-bond acceptors (Lipinski definition) is 3. The molecule has 3 nitrogen and oxygen atoms in total. The average molecular weight is 159 g/mol. The molecule has 11 heavy (non-hydrogen) atoms. The minimum atomic E-state index is -0.123. The molecule has 0 rings (SSSR count). The van der Waals surface area contributed by atoms with Crippen LogP contribution in [-0.4, -0.2) is 19.6 Å². The van der Waals surface area contributed by atoms with Crippen molar-refractivity contribution >= 4 is 5.97 Å². The second kappa shape index (κ2) is 6.16. The average Bonchev–Trinajstić information content (AvgIpc) is 2.03. The Morgan fingerprint density at radius 1 is 1.55 bits per heavy atom. The monoisotopic (exact) mass is 159 g/mol. The Labute approximate surface area is 67.9 Å². The minimum Gasteiger partial charge on any atom is -0.469 e. The largest absolute Gasteiger partial charge is 0.469 e. The lowest BCUT2D eigenvalue weighted by molar-refractivity contribution is -0.145. The summed E-state index contributed by atoms with van der Waals surface area (Å²) in [6, 6.07) is 0. The quantitative estimate of drug-likeness (QED) is 0.479. The van der Waals surface area contributed by atoms with Crippen molar-refractivity contribution in [1.29, 1.82) is 0 Å². The lowest BCUT2D eigenvalue weighted by Gasteiger charge is -2.07. The molecule has 0 saturated carbocycles. The molecule has 0 aliphatic heterocycles. The number of carbonyl (C=O) groups excluding carboxylic acids is 1. The van der Waals surface area contributed by atoms with Crippen molar-refractivity contribution in [2.24, 2.45) is 11.7 Å². The summed E-state index contributed by atoms with van der Waals surface area (Å²) in [5, 5.41) is 0. The summed E-state index contributed by atoms with van der Waals surface area (Å²) in [7, 11) is 1.42. The van der Waals surface area contributed by atoms with Crippen molar-refractivity contribution in [1.82, 2.24) is 0 Å². The van der Waals surface area contributed by atoms with E-state index in [0.29, 0.717) is 6.54 Å². The van der Waals surface area contributed by atoms with Crippen LogP contribution in [0.5, 0.6) is 0 Å². The van der Waals surface area contributed by atoms with Crippen LogP contribution in [0.4, 0.5) is 0 Å². The van der Waals surface area contributed by atoms with E-state index >= 15 is 0 Å². The molecule has 0 bridgehead atoms. The van der Waals surface area contributed by atoms with E-state index in [4.69, 9.17) is 5.73 Å². The molecule has 0 aromatic carbocycles. The van der Waals surface area contributed by atoms with Crippen LogP contribution in [0, 0.1) is 5.92 Å². The Morgan fingerprint density at radius 2 is 2.18 bits per heavy atom. The summed E-state index contributed by atoms with van der Waals surface area (Å²) in [6.07, 6.45) is 2.87. The van der Waals surface area contributed by atoms with E-state index in [-0.39, 0.29) is 11.9 Å². The first kappa shape index (κ1) is 10.4. The zero-order valence-electron chi connectivity index (χ0n) is 7.30. The molecule has 0 aromatic heterocycles. The lowest BCUT2D eigenvalue weighted by atomic mass is 10.0. The number of esters is 1. The van der Waals surface area contributed by atoms with Crippen LogP contribution in [0.3, 0.4) is 0 Å². The van der Waals surface area contributed by atoms with E-state index in [1.807, 2.05) is 6.92 Å². The van der Waals surface area contributed by atoms with Crippen LogP contribution in [0.2, 0.25) is 0 Å². The molecule has 0 radical (unpaired) electrons. The van der Waals surface area contributed by atoms with Crippen molar-refractivity contribution in [3.63, 3.8) is 0 Å². The number of hydrogen-bond donors (Lipinski definition) is 1. The molecular weight excluding hydrogens is 142 g/mol. The summed E-state index contributed by atoms with van der Waals surface area (Å²) in [5.74, 6) is -0.103. The summed E-state index contributed by atoms with van der Waals surface area (Å²) in [4.78, 5) is 10.9. The third-order valence-corrected chi connectivity index (χ3v) is 1.69. The van der Waals surface area contributed by atoms with E-state index in [1.165, 1.54) is 7.11 Å². The van der Waals surface area contributed by atoms with E-state index in [1.54, 1.807) is 0 Å². The van der Waals surface area contributed by atoms with Gasteiger partial charge in [0.25, 0.3) is 0 Å². The first-order valence-electron chi connectivity index (χ1n) is 4.00. The zero-order chi connectivity index (χ0) is 8.69. The molecule has 1 atom stereocenters. The van der Waals surface area contributed by atoms with Gasteiger partial charge < -0.3 is 10.5 Å². The molecule has 0 aliphatic carbocycles. The zero-order valence-corrected chi connectivity index (χ0v) is 7.30. The Kier molecular flexibility index (Phi) is 5.84. The summed E-state index contributed by atoms with van der Waals surface area (Å²) < 4.78 is 4.57. The molecule has 0 heterocycles. The normalized spacial score (nSPS) is 12.6. The van der Waals surface area contributed by atoms with E-state index in [2.05, 4.69) is 4.74 Å². The van der Waals surface area contributed by atoms with Gasteiger partial charge in [0.1, 0.15) is 0 Å². The van der Waals surface area contributed by atoms with Crippen LogP contribution in [0.25, 0.3) is 0 Å². The number of unbranched alkanes of at least 4 members (excludes halogenated alkanes) is 1. The van der Waals surface area contributed by atoms with Crippen molar-refractivity contribution < 1.29 is 9.53 Å². The predicted molar refractivity (Wildman–Crippen MR) is 44.1 cm³/mol. The Morgan fingerprint density at radius 3 is 2.64 bits per heavy atom. The van der Waals surface area contributed by atoms with Crippen molar-refractivity contribution in [3.05, 3.63) is 0 Å². The molecule has 66 valence electrons. The van der Waals surface area contributed by atoms with E-state index in [9.17, 15) is 4.79 Å². The standard InChI is InChI=1S/C8H17NO2/c1-7(8(10)11-2)5-3-4-6-9/h7H,3-6,9H2,1-2H3. The van der Waals surface area contributed by atoms with Gasteiger partial charge in [0, 0.05) is 0 Å². The second-order valence-electron chi connectivity index (χ2n) is 2.71. The Hall–Kier alpha value is -0.570. The molecule has 0 saturated heterocycles. The molecular formula is C8H17NO2. The van der Waals surface area contributed by atoms with Crippen molar-refractivity contribution in [3.8, 4) is 0 Å². The second-order valence-corrected chi connectivity index (χ2v) is 2.71. The van der Waals surface area contributed by atoms with Gasteiger partial charge in [-0.2, -0.15) is 0 Å². The predicted octanol–water partition coefficient (Wildman–Crippen LogP) is 0.924. The summed E-state index contributed by atoms with van der Waals surface area (Å²) in [6.45, 7) is 2.58. The summed E-state index contributed by atoms with van der Waals surface area (Å²) in [5.41, 5.74) is 5.31. The van der Waals surface area contributed by atoms with Crippen LogP contribution in [-0.2, 0) is 9.53 Å². The number of carbonyl (C=O) groups is 1. The highest BCUT2D eigenvalue weighted by atomic mass is 16.5. The first-order chi connectivity index (χ1) is 5.22. The third-order valence-electron chi connectivity index (χ3n) is 1.69. The highest BCUT2D eigenvalue weighted by molar-refractivity contribution is 5.71. The van der Waals surface area contributed by atoms with Gasteiger partial charge in [-0.25, -0.2) is 0 Å². The highest BCUT2D eigenvalue weighted by Gasteiger charge is 2.11. The minimum absolute atomic E-state index is 0.0200. The van der Waals surface area contributed by atoms with Crippen LogP contribution >= 0.6 is 0 Å². The maximum Gasteiger partial charge on any atom is 0.308 e. The number of rotatable bonds is 5. The van der Waals surface area contributed by atoms with Gasteiger partial charge in [-0.15, -0.1) is 0 Å². The van der Waals surface area contributed by atoms with Gasteiger partial charge in [-0.1, -0.05) is 13.3 Å². The van der Waals surface area contributed by atoms with E-state index < -0.39 is 0 Å². The highest BCUT2D eigenvalue weighted by Crippen LogP contribution is 2.08. The van der Waals surface area contributed by atoms with Gasteiger partial charge in [-0.3, -0.25) is 4.79 Å². The van der Waals surface area contributed by atoms with Crippen molar-refractivity contribution in [2.45, 2.75) is 26.2 Å². The number of ether oxygens (including phenoxy) is 1. The van der Waals surface area contributed by atoms with Gasteiger partial charge in [0.2, 0.25) is 0 Å². The van der Waals surface area contributed by atoms with Crippen LogP contribution in [0.15, 0.2) is 0 Å². The molecule has 1 unspecified atom stereocenters. The topological polar surface area (TPSA) is 52.3 Å². The van der Waals surface area contributed by atoms with Gasteiger partial charge in [-0.05, 0) is 19.4 Å². The molecule has 0 fully saturated rings. The van der Waals surface area contributed by atoms with Gasteiger partial charge >= 0.3 is 5.97 Å². The molecule has 2 N–H and O–H groups in total. The van der Waals surface area contributed by atoms with Gasteiger partial charge in [0.15, 0.2) is 0 Å². The molecule has 0 amide bonds. The van der Waals surface area contributed by atoms with E-state index in [0.717, 1.165) is 19.3 Å². The van der Waals surface area contributed by atoms with Crippen LogP contribution in [0.1, 0.15) is 26.2 Å². The fourth-order valence-electron chi connectivity index (χ4n) is 0.914. The molecule has 0 spiro atoms. The molecule has 0 aliphatic rings. The SMILES string of the molecule is COC(=O)C(C)CCCCN. The summed E-state index contributed by atoms with van der Waals surface area (Å²) >= 11 is 0. The molecule has 3 heteroatoms. The fourth-order valence-corrected chi connectivity index (χ4v) is 0.914. The molecule has 0 aromatic rings. The maximum absolute atomic E-state index is 10.9. The Bertz CT molecular complexity index is 115. The fraction of sp³-hybridized carbons (Fsp3) is 0.875. The smallest absolute Gasteiger partial charge is 0.308 e. The maximum atomic E-state index is 10.9. The van der Waals surface area contributed by atoms with Crippen molar-refractivity contribution in [2.75, 3.05) is 13.7 Å². The number of nitrogens with two attached hydrogens (primary N) is 1.